The number of aryl methyl sites for hydroxylation is 1. The quantitative estimate of drug-likeness (QED) is 0.883. The SMILES string of the molecule is COc1ccc2c(c1)C(=O)N[C@@]1(CC2)CCN(Cc2cnc(C(C)C)nc2)C1. The highest BCUT2D eigenvalue weighted by Gasteiger charge is 2.41. The van der Waals surface area contributed by atoms with Gasteiger partial charge in [-0.2, -0.15) is 0 Å². The molecule has 1 saturated heterocycles. The third-order valence-electron chi connectivity index (χ3n) is 5.89. The van der Waals surface area contributed by atoms with E-state index in [-0.39, 0.29) is 11.4 Å². The summed E-state index contributed by atoms with van der Waals surface area (Å²) in [6.45, 7) is 6.83. The van der Waals surface area contributed by atoms with E-state index < -0.39 is 0 Å². The number of methoxy groups -OCH3 is 1. The zero-order valence-corrected chi connectivity index (χ0v) is 16.9. The first-order valence-electron chi connectivity index (χ1n) is 10.0. The van der Waals surface area contributed by atoms with Gasteiger partial charge < -0.3 is 10.1 Å². The molecule has 4 rings (SSSR count). The van der Waals surface area contributed by atoms with E-state index >= 15 is 0 Å². The van der Waals surface area contributed by atoms with E-state index in [4.69, 9.17) is 4.74 Å². The third-order valence-corrected chi connectivity index (χ3v) is 5.89. The predicted molar refractivity (Wildman–Crippen MR) is 108 cm³/mol. The molecule has 3 heterocycles. The minimum atomic E-state index is -0.165. The van der Waals surface area contributed by atoms with Gasteiger partial charge in [-0.3, -0.25) is 9.69 Å². The van der Waals surface area contributed by atoms with Crippen molar-refractivity contribution in [3.63, 3.8) is 0 Å². The van der Waals surface area contributed by atoms with E-state index in [1.165, 1.54) is 0 Å². The predicted octanol–water partition coefficient (Wildman–Crippen LogP) is 2.93. The van der Waals surface area contributed by atoms with E-state index in [1.807, 2.05) is 30.6 Å². The fourth-order valence-electron chi connectivity index (χ4n) is 4.26. The lowest BCUT2D eigenvalue weighted by atomic mass is 9.91. The number of hydrogen-bond donors (Lipinski definition) is 1. The lowest BCUT2D eigenvalue weighted by Crippen LogP contribution is -2.49. The van der Waals surface area contributed by atoms with Crippen molar-refractivity contribution < 1.29 is 9.53 Å². The molecule has 2 aromatic rings. The minimum absolute atomic E-state index is 0.0119. The maximum absolute atomic E-state index is 12.9. The second kappa shape index (κ2) is 7.51. The first-order chi connectivity index (χ1) is 13.5. The summed E-state index contributed by atoms with van der Waals surface area (Å²) in [6.07, 6.45) is 6.69. The van der Waals surface area contributed by atoms with E-state index in [0.29, 0.717) is 5.92 Å². The first-order valence-corrected chi connectivity index (χ1v) is 10.0. The Kier molecular flexibility index (Phi) is 5.06. The van der Waals surface area contributed by atoms with Crippen molar-refractivity contribution in [1.82, 2.24) is 20.2 Å². The van der Waals surface area contributed by atoms with Crippen molar-refractivity contribution in [3.8, 4) is 5.75 Å². The van der Waals surface area contributed by atoms with Crippen molar-refractivity contribution in [2.24, 2.45) is 0 Å². The fourth-order valence-corrected chi connectivity index (χ4v) is 4.26. The van der Waals surface area contributed by atoms with Crippen LogP contribution in [0.5, 0.6) is 5.75 Å². The molecule has 6 nitrogen and oxygen atoms in total. The second-order valence-corrected chi connectivity index (χ2v) is 8.32. The lowest BCUT2D eigenvalue weighted by Gasteiger charge is -2.29. The van der Waals surface area contributed by atoms with Crippen LogP contribution in [0.25, 0.3) is 0 Å². The molecule has 1 amide bonds. The van der Waals surface area contributed by atoms with Crippen LogP contribution in [0.3, 0.4) is 0 Å². The molecule has 1 atom stereocenters. The number of rotatable bonds is 4. The van der Waals surface area contributed by atoms with Gasteiger partial charge in [0.15, 0.2) is 0 Å². The Morgan fingerprint density at radius 1 is 1.25 bits per heavy atom. The number of nitrogens with one attached hydrogen (secondary N) is 1. The fraction of sp³-hybridized carbons (Fsp3) is 0.500. The van der Waals surface area contributed by atoms with Gasteiger partial charge in [0, 0.05) is 49.1 Å². The average molecular weight is 380 g/mol. The summed E-state index contributed by atoms with van der Waals surface area (Å²) in [5.41, 5.74) is 2.80. The number of carbonyl (C=O) groups excluding carboxylic acids is 1. The van der Waals surface area contributed by atoms with Crippen molar-refractivity contribution in [2.45, 2.75) is 51.1 Å². The molecule has 0 bridgehead atoms. The number of ether oxygens (including phenoxy) is 1. The van der Waals surface area contributed by atoms with Crippen LogP contribution in [-0.4, -0.2) is 46.5 Å². The second-order valence-electron chi connectivity index (χ2n) is 8.32. The molecule has 2 aliphatic rings. The number of nitrogens with zero attached hydrogens (tertiary/aromatic N) is 3. The molecule has 28 heavy (non-hydrogen) atoms. The number of carbonyl (C=O) groups is 1. The molecule has 0 saturated carbocycles. The monoisotopic (exact) mass is 380 g/mol. The number of fused-ring (bicyclic) bond motifs is 1. The van der Waals surface area contributed by atoms with Gasteiger partial charge in [-0.25, -0.2) is 9.97 Å². The average Bonchev–Trinajstić information content (AvgIpc) is 3.02. The van der Waals surface area contributed by atoms with Gasteiger partial charge in [-0.1, -0.05) is 19.9 Å². The summed E-state index contributed by atoms with van der Waals surface area (Å²) >= 11 is 0. The Bertz CT molecular complexity index is 865. The van der Waals surface area contributed by atoms with Gasteiger partial charge in [0.1, 0.15) is 11.6 Å². The highest BCUT2D eigenvalue weighted by Crippen LogP contribution is 2.32. The Morgan fingerprint density at radius 3 is 2.75 bits per heavy atom. The smallest absolute Gasteiger partial charge is 0.252 e. The first kappa shape index (κ1) is 18.9. The Morgan fingerprint density at radius 2 is 2.04 bits per heavy atom. The lowest BCUT2D eigenvalue weighted by molar-refractivity contribution is 0.0901. The van der Waals surface area contributed by atoms with Gasteiger partial charge in [-0.05, 0) is 37.0 Å². The third kappa shape index (κ3) is 3.74. The summed E-state index contributed by atoms with van der Waals surface area (Å²) in [5, 5.41) is 3.33. The van der Waals surface area contributed by atoms with E-state index in [9.17, 15) is 4.79 Å². The Labute approximate surface area is 166 Å². The van der Waals surface area contributed by atoms with Gasteiger partial charge in [-0.15, -0.1) is 0 Å². The molecular weight excluding hydrogens is 352 g/mol. The van der Waals surface area contributed by atoms with Gasteiger partial charge in [0.2, 0.25) is 0 Å². The summed E-state index contributed by atoms with van der Waals surface area (Å²) < 4.78 is 5.29. The maximum atomic E-state index is 12.9. The largest absolute Gasteiger partial charge is 0.497 e. The normalized spacial score (nSPS) is 22.2. The van der Waals surface area contributed by atoms with E-state index in [0.717, 1.165) is 67.2 Å². The summed E-state index contributed by atoms with van der Waals surface area (Å²) in [6, 6.07) is 5.81. The molecule has 0 unspecified atom stereocenters. The van der Waals surface area contributed by atoms with E-state index in [2.05, 4.69) is 34.0 Å². The molecule has 1 spiro atoms. The van der Waals surface area contributed by atoms with Crippen LogP contribution in [0.2, 0.25) is 0 Å². The highest BCUT2D eigenvalue weighted by atomic mass is 16.5. The molecule has 1 fully saturated rings. The number of hydrogen-bond acceptors (Lipinski definition) is 5. The molecule has 1 aromatic carbocycles. The number of likely N-dealkylation sites (tertiary alicyclic amines) is 1. The summed E-state index contributed by atoms with van der Waals surface area (Å²) in [7, 11) is 1.63. The summed E-state index contributed by atoms with van der Waals surface area (Å²) in [4.78, 5) is 24.2. The Hall–Kier alpha value is -2.47. The zero-order chi connectivity index (χ0) is 19.7. The standard InChI is InChI=1S/C22H28N4O2/c1-15(2)20-23-11-16(12-24-20)13-26-9-8-22(14-26)7-6-17-4-5-18(28-3)10-19(17)21(27)25-22/h4-5,10-12,15H,6-9,13-14H2,1-3H3,(H,25,27)/t22-/m0/s1. The molecule has 0 radical (unpaired) electrons. The van der Waals surface area contributed by atoms with Gasteiger partial charge in [0.25, 0.3) is 5.91 Å². The van der Waals surface area contributed by atoms with Crippen molar-refractivity contribution >= 4 is 5.91 Å². The number of aromatic nitrogens is 2. The van der Waals surface area contributed by atoms with Crippen LogP contribution in [-0.2, 0) is 13.0 Å². The van der Waals surface area contributed by atoms with Crippen LogP contribution in [0.4, 0.5) is 0 Å². The topological polar surface area (TPSA) is 67.3 Å². The molecular formula is C22H28N4O2. The highest BCUT2D eigenvalue weighted by molar-refractivity contribution is 5.97. The molecule has 148 valence electrons. The number of amides is 1. The van der Waals surface area contributed by atoms with Crippen LogP contribution >= 0.6 is 0 Å². The van der Waals surface area contributed by atoms with Gasteiger partial charge >= 0.3 is 0 Å². The van der Waals surface area contributed by atoms with Crippen molar-refractivity contribution in [2.75, 3.05) is 20.2 Å². The van der Waals surface area contributed by atoms with Crippen LogP contribution in [0.1, 0.15) is 59.9 Å². The van der Waals surface area contributed by atoms with E-state index in [1.54, 1.807) is 7.11 Å². The minimum Gasteiger partial charge on any atom is -0.497 e. The molecule has 0 aliphatic carbocycles. The molecule has 1 aromatic heterocycles. The van der Waals surface area contributed by atoms with Crippen LogP contribution in [0.15, 0.2) is 30.6 Å². The molecule has 1 N–H and O–H groups in total. The zero-order valence-electron chi connectivity index (χ0n) is 16.9. The molecule has 6 heteroatoms. The van der Waals surface area contributed by atoms with Gasteiger partial charge in [0.05, 0.1) is 12.6 Å². The summed E-state index contributed by atoms with van der Waals surface area (Å²) in [5.74, 6) is 1.96. The Balaban J connectivity index is 1.45. The van der Waals surface area contributed by atoms with Crippen LogP contribution in [0, 0.1) is 0 Å². The van der Waals surface area contributed by atoms with Crippen molar-refractivity contribution in [1.29, 1.82) is 0 Å². The molecule has 2 aliphatic heterocycles. The number of benzene rings is 1. The maximum Gasteiger partial charge on any atom is 0.252 e. The van der Waals surface area contributed by atoms with Crippen LogP contribution < -0.4 is 10.1 Å². The van der Waals surface area contributed by atoms with Crippen molar-refractivity contribution in [3.05, 3.63) is 53.1 Å².